The van der Waals surface area contributed by atoms with Gasteiger partial charge in [0.1, 0.15) is 5.75 Å². The lowest BCUT2D eigenvalue weighted by Gasteiger charge is -2.20. The predicted octanol–water partition coefficient (Wildman–Crippen LogP) is 2.17. The number of hydrogen-bond donors (Lipinski definition) is 0. The van der Waals surface area contributed by atoms with E-state index in [4.69, 9.17) is 0 Å². The Morgan fingerprint density at radius 2 is 1.94 bits per heavy atom. The molecule has 100 valence electrons. The van der Waals surface area contributed by atoms with Crippen molar-refractivity contribution in [1.82, 2.24) is 4.98 Å². The van der Waals surface area contributed by atoms with Gasteiger partial charge in [0, 0.05) is 17.8 Å². The monoisotopic (exact) mass is 269 g/mol. The van der Waals surface area contributed by atoms with E-state index in [-0.39, 0.29) is 10.7 Å². The second-order valence-corrected chi connectivity index (χ2v) is 7.11. The van der Waals surface area contributed by atoms with Gasteiger partial charge in [-0.25, -0.2) is 8.42 Å². The third-order valence-electron chi connectivity index (χ3n) is 3.17. The predicted molar refractivity (Wildman–Crippen MR) is 70.1 cm³/mol. The molecule has 1 heterocycles. The summed E-state index contributed by atoms with van der Waals surface area (Å²) < 4.78 is 24.2. The second kappa shape index (κ2) is 5.18. The number of rotatable bonds is 5. The van der Waals surface area contributed by atoms with E-state index < -0.39 is 21.0 Å². The Labute approximate surface area is 108 Å². The summed E-state index contributed by atoms with van der Waals surface area (Å²) in [4.78, 5) is 15.9. The first-order valence-corrected chi connectivity index (χ1v) is 7.52. The van der Waals surface area contributed by atoms with Crippen LogP contribution in [0, 0.1) is 12.3 Å². The Bertz CT molecular complexity index is 547. The van der Waals surface area contributed by atoms with Crippen molar-refractivity contribution < 1.29 is 13.2 Å². The van der Waals surface area contributed by atoms with Crippen LogP contribution in [0.1, 0.15) is 32.8 Å². The molecule has 0 aliphatic heterocycles. The molecule has 1 aromatic heterocycles. The highest BCUT2D eigenvalue weighted by Crippen LogP contribution is 2.23. The Morgan fingerprint density at radius 1 is 1.33 bits per heavy atom. The van der Waals surface area contributed by atoms with E-state index in [0.717, 1.165) is 5.56 Å². The van der Waals surface area contributed by atoms with Crippen molar-refractivity contribution in [3.05, 3.63) is 24.0 Å². The molecule has 0 radical (unpaired) electrons. The summed E-state index contributed by atoms with van der Waals surface area (Å²) in [6.07, 6.45) is 3.48. The van der Waals surface area contributed by atoms with Gasteiger partial charge >= 0.3 is 0 Å². The number of carbonyl (C=O) groups is 1. The summed E-state index contributed by atoms with van der Waals surface area (Å²) in [5, 5.41) is 0. The number of hydrogen-bond acceptors (Lipinski definition) is 4. The lowest BCUT2D eigenvalue weighted by molar-refractivity contribution is -0.124. The molecule has 0 saturated carbocycles. The van der Waals surface area contributed by atoms with Gasteiger partial charge < -0.3 is 0 Å². The highest BCUT2D eigenvalue weighted by Gasteiger charge is 2.30. The average Bonchev–Trinajstić information content (AvgIpc) is 2.28. The average molecular weight is 269 g/mol. The molecule has 4 nitrogen and oxygen atoms in total. The van der Waals surface area contributed by atoms with Crippen molar-refractivity contribution >= 4 is 15.6 Å². The van der Waals surface area contributed by atoms with Crippen LogP contribution in [0.25, 0.3) is 0 Å². The minimum Gasteiger partial charge on any atom is -0.298 e. The van der Waals surface area contributed by atoms with Crippen molar-refractivity contribution in [2.45, 2.75) is 39.0 Å². The Balaban J connectivity index is 3.00. The molecular formula is C13H19NO3S. The van der Waals surface area contributed by atoms with E-state index in [1.807, 2.05) is 6.92 Å². The summed E-state index contributed by atoms with van der Waals surface area (Å²) in [5.74, 6) is -0.717. The molecule has 0 aromatic carbocycles. The van der Waals surface area contributed by atoms with Crippen molar-refractivity contribution in [2.24, 2.45) is 5.41 Å². The maximum absolute atomic E-state index is 12.1. The highest BCUT2D eigenvalue weighted by atomic mass is 32.2. The third kappa shape index (κ3) is 3.38. The smallest absolute Gasteiger partial charge is 0.187 e. The van der Waals surface area contributed by atoms with Gasteiger partial charge in [-0.05, 0) is 25.0 Å². The summed E-state index contributed by atoms with van der Waals surface area (Å²) in [5.41, 5.74) is 0.155. The molecule has 0 N–H and O–H groups in total. The minimum atomic E-state index is -3.59. The summed E-state index contributed by atoms with van der Waals surface area (Å²) in [6, 6.07) is 1.54. The van der Waals surface area contributed by atoms with Crippen molar-refractivity contribution in [3.63, 3.8) is 0 Å². The van der Waals surface area contributed by atoms with Crippen molar-refractivity contribution in [3.8, 4) is 0 Å². The summed E-state index contributed by atoms with van der Waals surface area (Å²) in [6.45, 7) is 7.17. The minimum absolute atomic E-state index is 0.114. The van der Waals surface area contributed by atoms with Gasteiger partial charge in [-0.1, -0.05) is 20.8 Å². The number of carbonyl (C=O) groups excluding carboxylic acids is 1. The molecule has 0 amide bonds. The Hall–Kier alpha value is -1.23. The van der Waals surface area contributed by atoms with Crippen molar-refractivity contribution in [1.29, 1.82) is 0 Å². The van der Waals surface area contributed by atoms with Crippen LogP contribution in [0.15, 0.2) is 23.4 Å². The first-order valence-electron chi connectivity index (χ1n) is 5.87. The van der Waals surface area contributed by atoms with Crippen LogP contribution < -0.4 is 0 Å². The van der Waals surface area contributed by atoms with E-state index >= 15 is 0 Å². The lowest BCUT2D eigenvalue weighted by atomic mass is 9.86. The van der Waals surface area contributed by atoms with Gasteiger partial charge in [0.2, 0.25) is 0 Å². The number of pyridine rings is 1. The van der Waals surface area contributed by atoms with Gasteiger partial charge in [-0.15, -0.1) is 0 Å². The molecule has 0 aliphatic rings. The van der Waals surface area contributed by atoms with Gasteiger partial charge in [-0.3, -0.25) is 9.78 Å². The van der Waals surface area contributed by atoms with Crippen LogP contribution in [0.3, 0.4) is 0 Å². The molecule has 0 aliphatic carbocycles. The van der Waals surface area contributed by atoms with E-state index in [1.165, 1.54) is 12.3 Å². The van der Waals surface area contributed by atoms with Gasteiger partial charge in [0.25, 0.3) is 0 Å². The summed E-state index contributed by atoms with van der Waals surface area (Å²) in [7, 11) is -3.59. The highest BCUT2D eigenvalue weighted by molar-refractivity contribution is 7.92. The quantitative estimate of drug-likeness (QED) is 0.821. The van der Waals surface area contributed by atoms with Crippen LogP contribution in [0.4, 0.5) is 0 Å². The number of aromatic nitrogens is 1. The van der Waals surface area contributed by atoms with Crippen LogP contribution in [0.5, 0.6) is 0 Å². The number of aryl methyl sites for hydroxylation is 1. The van der Waals surface area contributed by atoms with E-state index in [0.29, 0.717) is 6.42 Å². The maximum Gasteiger partial charge on any atom is 0.187 e. The van der Waals surface area contributed by atoms with Crippen LogP contribution in [-0.2, 0) is 14.6 Å². The standard InChI is InChI=1S/C13H19NO3S/c1-5-13(3,4)12(15)9-18(16,17)11-6-10(2)7-14-8-11/h6-8H,5,9H2,1-4H3. The first kappa shape index (κ1) is 14.8. The first-order chi connectivity index (χ1) is 8.19. The van der Waals surface area contributed by atoms with Crippen LogP contribution in [-0.4, -0.2) is 24.9 Å². The zero-order valence-electron chi connectivity index (χ0n) is 11.2. The van der Waals surface area contributed by atoms with E-state index in [9.17, 15) is 13.2 Å². The topological polar surface area (TPSA) is 64.1 Å². The number of nitrogens with zero attached hydrogens (tertiary/aromatic N) is 1. The fourth-order valence-corrected chi connectivity index (χ4v) is 2.84. The molecule has 1 rings (SSSR count). The fraction of sp³-hybridized carbons (Fsp3) is 0.538. The van der Waals surface area contributed by atoms with Gasteiger partial charge in [-0.2, -0.15) is 0 Å². The lowest BCUT2D eigenvalue weighted by Crippen LogP contribution is -2.30. The molecule has 0 saturated heterocycles. The van der Waals surface area contributed by atoms with Gasteiger partial charge in [0.05, 0.1) is 4.90 Å². The second-order valence-electron chi connectivity index (χ2n) is 5.12. The van der Waals surface area contributed by atoms with E-state index in [1.54, 1.807) is 27.0 Å². The molecule has 18 heavy (non-hydrogen) atoms. The number of Topliss-reactive ketones (excluding diaryl/α,β-unsaturated/α-hetero) is 1. The van der Waals surface area contributed by atoms with Crippen molar-refractivity contribution in [2.75, 3.05) is 5.75 Å². The zero-order valence-corrected chi connectivity index (χ0v) is 12.0. The van der Waals surface area contributed by atoms with Crippen LogP contribution >= 0.6 is 0 Å². The molecule has 0 bridgehead atoms. The molecule has 0 unspecified atom stereocenters. The number of ketones is 1. The molecule has 5 heteroatoms. The van der Waals surface area contributed by atoms with Crippen LogP contribution in [0.2, 0.25) is 0 Å². The van der Waals surface area contributed by atoms with Gasteiger partial charge in [0.15, 0.2) is 15.6 Å². The summed E-state index contributed by atoms with van der Waals surface area (Å²) >= 11 is 0. The molecule has 0 spiro atoms. The van der Waals surface area contributed by atoms with E-state index in [2.05, 4.69) is 4.98 Å². The normalized spacial score (nSPS) is 12.4. The largest absolute Gasteiger partial charge is 0.298 e. The third-order valence-corrected chi connectivity index (χ3v) is 4.75. The molecule has 1 aromatic rings. The number of sulfone groups is 1. The molecule has 0 atom stereocenters. The molecule has 0 fully saturated rings. The maximum atomic E-state index is 12.1. The SMILES string of the molecule is CCC(C)(C)C(=O)CS(=O)(=O)c1cncc(C)c1. The zero-order chi connectivity index (χ0) is 14.0. The molecular weight excluding hydrogens is 250 g/mol. The fourth-order valence-electron chi connectivity index (χ4n) is 1.35. The Morgan fingerprint density at radius 3 is 2.44 bits per heavy atom. The Kier molecular flexibility index (Phi) is 4.27.